The Hall–Kier alpha value is -2.93. The van der Waals surface area contributed by atoms with Crippen LogP contribution in [0.3, 0.4) is 0 Å². The second kappa shape index (κ2) is 7.40. The molecule has 3 aromatic heterocycles. The predicted molar refractivity (Wildman–Crippen MR) is 118 cm³/mol. The molecule has 7 heteroatoms. The monoisotopic (exact) mass is 405 g/mol. The number of likely N-dealkylation sites (N-methyl/N-ethyl adjacent to an activating group) is 1. The summed E-state index contributed by atoms with van der Waals surface area (Å²) >= 11 is 0. The number of fused-ring (bicyclic) bond motifs is 2. The van der Waals surface area contributed by atoms with Crippen LogP contribution in [-0.4, -0.2) is 58.2 Å². The summed E-state index contributed by atoms with van der Waals surface area (Å²) < 4.78 is 7.62. The van der Waals surface area contributed by atoms with Gasteiger partial charge < -0.3 is 18.6 Å². The molecule has 0 radical (unpaired) electrons. The molecule has 156 valence electrons. The Morgan fingerprint density at radius 3 is 2.90 bits per heavy atom. The van der Waals surface area contributed by atoms with Gasteiger partial charge in [0.25, 0.3) is 0 Å². The van der Waals surface area contributed by atoms with E-state index in [2.05, 4.69) is 28.8 Å². The van der Waals surface area contributed by atoms with E-state index in [-0.39, 0.29) is 11.5 Å². The van der Waals surface area contributed by atoms with Gasteiger partial charge in [-0.25, -0.2) is 9.78 Å². The quantitative estimate of drug-likeness (QED) is 0.622. The van der Waals surface area contributed by atoms with Gasteiger partial charge in [0.15, 0.2) is 0 Å². The van der Waals surface area contributed by atoms with Crippen LogP contribution in [0, 0.1) is 12.8 Å². The van der Waals surface area contributed by atoms with Crippen LogP contribution in [-0.2, 0) is 6.42 Å². The molecule has 1 fully saturated rings. The maximum absolute atomic E-state index is 12.8. The fraction of sp³-hybridized carbons (Fsp3) is 0.435. The molecule has 1 saturated heterocycles. The first-order valence-electron chi connectivity index (χ1n) is 10.6. The summed E-state index contributed by atoms with van der Waals surface area (Å²) in [6.07, 6.45) is 5.76. The highest BCUT2D eigenvalue weighted by Gasteiger charge is 2.28. The molecular formula is C23H27N5O2. The minimum atomic E-state index is -0.387. The highest BCUT2D eigenvalue weighted by molar-refractivity contribution is 5.88. The summed E-state index contributed by atoms with van der Waals surface area (Å²) in [6, 6.07) is 5.94. The van der Waals surface area contributed by atoms with Crippen molar-refractivity contribution in [2.45, 2.75) is 26.7 Å². The number of aromatic nitrogens is 2. The van der Waals surface area contributed by atoms with Gasteiger partial charge >= 0.3 is 5.63 Å². The Morgan fingerprint density at radius 1 is 1.17 bits per heavy atom. The van der Waals surface area contributed by atoms with Gasteiger partial charge in [0.05, 0.1) is 11.3 Å². The van der Waals surface area contributed by atoms with Gasteiger partial charge in [-0.1, -0.05) is 6.92 Å². The van der Waals surface area contributed by atoms with Gasteiger partial charge in [-0.05, 0) is 57.1 Å². The Labute approximate surface area is 175 Å². The number of nitrogens with zero attached hydrogens (tertiary/aromatic N) is 5. The number of pyridine rings is 1. The van der Waals surface area contributed by atoms with E-state index in [0.717, 1.165) is 61.6 Å². The van der Waals surface area contributed by atoms with Crippen molar-refractivity contribution in [2.24, 2.45) is 10.9 Å². The number of aryl methyl sites for hydroxylation is 1. The predicted octanol–water partition coefficient (Wildman–Crippen LogP) is 3.12. The average Bonchev–Trinajstić information content (AvgIpc) is 3.00. The molecule has 2 aliphatic rings. The Morgan fingerprint density at radius 2 is 2.03 bits per heavy atom. The number of amidine groups is 1. The van der Waals surface area contributed by atoms with Crippen LogP contribution in [0.1, 0.15) is 24.5 Å². The summed E-state index contributed by atoms with van der Waals surface area (Å²) in [5.41, 5.74) is 3.67. The van der Waals surface area contributed by atoms with Gasteiger partial charge in [0, 0.05) is 43.5 Å². The minimum Gasteiger partial charge on any atom is -0.403 e. The first kappa shape index (κ1) is 19.1. The smallest absolute Gasteiger partial charge is 0.347 e. The summed E-state index contributed by atoms with van der Waals surface area (Å²) in [4.78, 5) is 26.9. The van der Waals surface area contributed by atoms with Crippen molar-refractivity contribution in [3.63, 3.8) is 0 Å². The summed E-state index contributed by atoms with van der Waals surface area (Å²) in [5.74, 6) is 1.77. The zero-order valence-electron chi connectivity index (χ0n) is 17.8. The average molecular weight is 406 g/mol. The van der Waals surface area contributed by atoms with Gasteiger partial charge in [-0.2, -0.15) is 4.99 Å². The summed E-state index contributed by atoms with van der Waals surface area (Å²) in [7, 11) is 2.16. The van der Waals surface area contributed by atoms with E-state index < -0.39 is 0 Å². The maximum atomic E-state index is 12.8. The second-order valence-electron chi connectivity index (χ2n) is 8.59. The fourth-order valence-electron chi connectivity index (χ4n) is 4.43. The van der Waals surface area contributed by atoms with Gasteiger partial charge in [0.2, 0.25) is 5.88 Å². The van der Waals surface area contributed by atoms with Gasteiger partial charge in [-0.15, -0.1) is 0 Å². The Balaban J connectivity index is 1.51. The number of imidazole rings is 1. The lowest BCUT2D eigenvalue weighted by Crippen LogP contribution is -2.39. The SMILES string of the molecule is Cc1ccn2cc(-c3cc4c(oc3=O)N=C(N3CCCN(C)CC3)C(C)C4)nc2c1. The van der Waals surface area contributed by atoms with E-state index in [9.17, 15) is 4.79 Å². The molecule has 5 rings (SSSR count). The van der Waals surface area contributed by atoms with Crippen molar-refractivity contribution in [3.05, 3.63) is 52.1 Å². The van der Waals surface area contributed by atoms with Gasteiger partial charge in [-0.3, -0.25) is 0 Å². The van der Waals surface area contributed by atoms with Crippen LogP contribution in [0.2, 0.25) is 0 Å². The van der Waals surface area contributed by atoms with E-state index in [0.29, 0.717) is 17.1 Å². The van der Waals surface area contributed by atoms with E-state index in [1.54, 1.807) is 0 Å². The zero-order valence-corrected chi connectivity index (χ0v) is 17.8. The molecule has 0 bridgehead atoms. The highest BCUT2D eigenvalue weighted by atomic mass is 16.4. The van der Waals surface area contributed by atoms with Crippen LogP contribution in [0.4, 0.5) is 5.88 Å². The Kier molecular flexibility index (Phi) is 4.70. The third-order valence-electron chi connectivity index (χ3n) is 6.12. The number of hydrogen-bond acceptors (Lipinski definition) is 6. The first-order valence-corrected chi connectivity index (χ1v) is 10.6. The molecule has 1 atom stereocenters. The molecule has 1 unspecified atom stereocenters. The van der Waals surface area contributed by atoms with E-state index >= 15 is 0 Å². The molecular weight excluding hydrogens is 378 g/mol. The van der Waals surface area contributed by atoms with E-state index in [1.165, 1.54) is 0 Å². The summed E-state index contributed by atoms with van der Waals surface area (Å²) in [5, 5.41) is 0. The molecule has 3 aromatic rings. The maximum Gasteiger partial charge on any atom is 0.347 e. The molecule has 7 nitrogen and oxygen atoms in total. The third-order valence-corrected chi connectivity index (χ3v) is 6.12. The van der Waals surface area contributed by atoms with Crippen molar-refractivity contribution in [1.29, 1.82) is 0 Å². The number of aliphatic imine (C=N–C) groups is 1. The zero-order chi connectivity index (χ0) is 20.8. The van der Waals surface area contributed by atoms with Crippen LogP contribution >= 0.6 is 0 Å². The van der Waals surface area contributed by atoms with Crippen LogP contribution in [0.15, 0.2) is 44.8 Å². The largest absolute Gasteiger partial charge is 0.403 e. The fourth-order valence-corrected chi connectivity index (χ4v) is 4.43. The third kappa shape index (κ3) is 3.43. The molecule has 5 heterocycles. The molecule has 0 aliphatic carbocycles. The summed E-state index contributed by atoms with van der Waals surface area (Å²) in [6.45, 7) is 8.31. The standard InChI is InChI=1S/C23H27N5O2/c1-15-5-8-28-14-19(24-20(28)11-15)18-13-17-12-16(2)21(25-22(17)30-23(18)29)27-7-4-6-26(3)9-10-27/h5,8,11,13-14,16H,4,6-7,9-10,12H2,1-3H3. The van der Waals surface area contributed by atoms with E-state index in [4.69, 9.17) is 9.41 Å². The van der Waals surface area contributed by atoms with Crippen LogP contribution in [0.5, 0.6) is 0 Å². The topological polar surface area (TPSA) is 66.4 Å². The first-order chi connectivity index (χ1) is 14.5. The normalized spacial score (nSPS) is 20.2. The van der Waals surface area contributed by atoms with Crippen LogP contribution in [0.25, 0.3) is 16.9 Å². The van der Waals surface area contributed by atoms with Crippen LogP contribution < -0.4 is 5.63 Å². The molecule has 0 N–H and O–H groups in total. The molecule has 2 aliphatic heterocycles. The van der Waals surface area contributed by atoms with Crippen molar-refractivity contribution < 1.29 is 4.42 Å². The lowest BCUT2D eigenvalue weighted by Gasteiger charge is -2.31. The molecule has 0 spiro atoms. The lowest BCUT2D eigenvalue weighted by atomic mass is 9.96. The number of rotatable bonds is 1. The number of hydrogen-bond donors (Lipinski definition) is 0. The second-order valence-corrected chi connectivity index (χ2v) is 8.59. The van der Waals surface area contributed by atoms with Crippen molar-refractivity contribution in [2.75, 3.05) is 33.2 Å². The van der Waals surface area contributed by atoms with Crippen molar-refractivity contribution in [1.82, 2.24) is 19.2 Å². The molecule has 30 heavy (non-hydrogen) atoms. The van der Waals surface area contributed by atoms with Crippen molar-refractivity contribution in [3.8, 4) is 11.3 Å². The lowest BCUT2D eigenvalue weighted by molar-refractivity contribution is 0.342. The molecule has 0 saturated carbocycles. The molecule has 0 amide bonds. The van der Waals surface area contributed by atoms with E-state index in [1.807, 2.05) is 41.9 Å². The Bertz CT molecular complexity index is 1190. The highest BCUT2D eigenvalue weighted by Crippen LogP contribution is 2.31. The molecule has 0 aromatic carbocycles. The van der Waals surface area contributed by atoms with Gasteiger partial charge in [0.1, 0.15) is 11.5 Å². The van der Waals surface area contributed by atoms with Crippen molar-refractivity contribution >= 4 is 17.4 Å². The minimum absolute atomic E-state index is 0.283.